The van der Waals surface area contributed by atoms with Crippen LogP contribution < -0.4 is 0 Å². The van der Waals surface area contributed by atoms with Crippen LogP contribution in [0.3, 0.4) is 0 Å². The molecule has 3 rings (SSSR count). The molecule has 1 aliphatic rings. The van der Waals surface area contributed by atoms with Crippen molar-refractivity contribution in [1.82, 2.24) is 0 Å². The van der Waals surface area contributed by atoms with Crippen LogP contribution in [-0.4, -0.2) is 6.61 Å². The maximum atomic E-state index is 6.18. The van der Waals surface area contributed by atoms with Crippen LogP contribution in [0, 0.1) is 0 Å². The lowest BCUT2D eigenvalue weighted by Crippen LogP contribution is -2.09. The molecule has 2 aromatic carbocycles. The van der Waals surface area contributed by atoms with E-state index in [1.165, 1.54) is 22.3 Å². The average Bonchev–Trinajstić information content (AvgIpc) is 2.62. The summed E-state index contributed by atoms with van der Waals surface area (Å²) in [5.74, 6) is 0. The lowest BCUT2D eigenvalue weighted by atomic mass is 9.97. The summed E-state index contributed by atoms with van der Waals surface area (Å²) in [5.41, 5.74) is 6.47. The van der Waals surface area contributed by atoms with Crippen molar-refractivity contribution in [3.63, 3.8) is 0 Å². The van der Waals surface area contributed by atoms with E-state index in [0.717, 1.165) is 18.4 Å². The van der Waals surface area contributed by atoms with Gasteiger partial charge in [0, 0.05) is 0 Å². The number of aryl methyl sites for hydroxylation is 2. The minimum atomic E-state index is 0.0293. The predicted octanol–water partition coefficient (Wildman–Crippen LogP) is 4.47. The van der Waals surface area contributed by atoms with E-state index in [1.54, 1.807) is 0 Å². The van der Waals surface area contributed by atoms with Crippen LogP contribution in [0.4, 0.5) is 0 Å². The monoisotopic (exact) mass is 264 g/mol. The summed E-state index contributed by atoms with van der Waals surface area (Å²) in [4.78, 5) is 0. The van der Waals surface area contributed by atoms with Crippen molar-refractivity contribution in [3.8, 4) is 0 Å². The first kappa shape index (κ1) is 13.1. The molecule has 0 fully saturated rings. The lowest BCUT2D eigenvalue weighted by molar-refractivity contribution is 0.0987. The Morgan fingerprint density at radius 1 is 1.00 bits per heavy atom. The number of hydrogen-bond donors (Lipinski definition) is 0. The van der Waals surface area contributed by atoms with Gasteiger partial charge in [0.05, 0.1) is 6.61 Å². The van der Waals surface area contributed by atoms with Crippen LogP contribution in [0.25, 0.3) is 0 Å². The van der Waals surface area contributed by atoms with Gasteiger partial charge in [0.2, 0.25) is 0 Å². The fraction of sp³-hybridized carbons (Fsp3) is 0.263. The van der Waals surface area contributed by atoms with Crippen molar-refractivity contribution in [2.24, 2.45) is 0 Å². The Bertz CT molecular complexity index is 580. The Morgan fingerprint density at radius 3 is 2.00 bits per heavy atom. The highest BCUT2D eigenvalue weighted by Crippen LogP contribution is 2.35. The van der Waals surface area contributed by atoms with E-state index < -0.39 is 0 Å². The van der Waals surface area contributed by atoms with Crippen LogP contribution in [0.1, 0.15) is 35.3 Å². The second-order valence-corrected chi connectivity index (χ2v) is 5.55. The van der Waals surface area contributed by atoms with E-state index in [2.05, 4.69) is 55.1 Å². The van der Waals surface area contributed by atoms with Crippen LogP contribution in [0.15, 0.2) is 60.7 Å². The van der Waals surface area contributed by atoms with E-state index in [0.29, 0.717) is 6.61 Å². The van der Waals surface area contributed by atoms with E-state index in [4.69, 9.17) is 4.74 Å². The van der Waals surface area contributed by atoms with Crippen molar-refractivity contribution in [3.05, 3.63) is 82.9 Å². The van der Waals surface area contributed by atoms with Crippen molar-refractivity contribution in [1.29, 1.82) is 0 Å². The van der Waals surface area contributed by atoms with Gasteiger partial charge in [-0.05, 0) is 42.0 Å². The minimum absolute atomic E-state index is 0.0293. The Hall–Kier alpha value is -1.86. The molecule has 0 aliphatic heterocycles. The van der Waals surface area contributed by atoms with Gasteiger partial charge in [-0.3, -0.25) is 0 Å². The number of fused-ring (bicyclic) bond motifs is 2. The molecule has 0 N–H and O–H groups in total. The van der Waals surface area contributed by atoms with Gasteiger partial charge in [0.15, 0.2) is 0 Å². The first-order valence-corrected chi connectivity index (χ1v) is 7.17. The van der Waals surface area contributed by atoms with Gasteiger partial charge in [-0.2, -0.15) is 0 Å². The standard InChI is InChI=1S/C19H20O/c1-14(2)13-20-19-17-9-5-3-7-15(17)11-12-16-8-4-6-10-18(16)19/h3-10,19H,1,11-13H2,2H3. The fourth-order valence-corrected chi connectivity index (χ4v) is 2.88. The number of ether oxygens (including phenoxy) is 1. The van der Waals surface area contributed by atoms with Gasteiger partial charge in [-0.1, -0.05) is 60.7 Å². The Morgan fingerprint density at radius 2 is 1.50 bits per heavy atom. The third-order valence-electron chi connectivity index (χ3n) is 3.84. The van der Waals surface area contributed by atoms with E-state index in [1.807, 2.05) is 6.92 Å². The van der Waals surface area contributed by atoms with Gasteiger partial charge in [-0.25, -0.2) is 0 Å². The molecule has 0 unspecified atom stereocenters. The maximum Gasteiger partial charge on any atom is 0.109 e. The molecule has 20 heavy (non-hydrogen) atoms. The maximum absolute atomic E-state index is 6.18. The molecule has 0 radical (unpaired) electrons. The zero-order valence-corrected chi connectivity index (χ0v) is 11.9. The zero-order chi connectivity index (χ0) is 13.9. The first-order valence-electron chi connectivity index (χ1n) is 7.17. The fourth-order valence-electron chi connectivity index (χ4n) is 2.88. The molecule has 0 spiro atoms. The molecule has 1 aliphatic carbocycles. The molecule has 102 valence electrons. The van der Waals surface area contributed by atoms with Crippen LogP contribution in [0.2, 0.25) is 0 Å². The zero-order valence-electron chi connectivity index (χ0n) is 11.9. The Balaban J connectivity index is 2.06. The topological polar surface area (TPSA) is 9.23 Å². The molecular formula is C19H20O. The summed E-state index contributed by atoms with van der Waals surface area (Å²) in [6, 6.07) is 17.3. The molecule has 1 nitrogen and oxygen atoms in total. The van der Waals surface area contributed by atoms with E-state index in [9.17, 15) is 0 Å². The van der Waals surface area contributed by atoms with E-state index >= 15 is 0 Å². The highest BCUT2D eigenvalue weighted by Gasteiger charge is 2.23. The van der Waals surface area contributed by atoms with E-state index in [-0.39, 0.29) is 6.10 Å². The smallest absolute Gasteiger partial charge is 0.109 e. The molecule has 2 aromatic rings. The molecule has 0 atom stereocenters. The summed E-state index contributed by atoms with van der Waals surface area (Å²) in [7, 11) is 0. The van der Waals surface area contributed by atoms with Gasteiger partial charge in [0.1, 0.15) is 6.10 Å². The number of rotatable bonds is 3. The molecule has 0 saturated carbocycles. The van der Waals surface area contributed by atoms with Gasteiger partial charge in [-0.15, -0.1) is 0 Å². The average molecular weight is 264 g/mol. The van der Waals surface area contributed by atoms with Crippen LogP contribution >= 0.6 is 0 Å². The van der Waals surface area contributed by atoms with Gasteiger partial charge in [0.25, 0.3) is 0 Å². The van der Waals surface area contributed by atoms with Crippen LogP contribution in [-0.2, 0) is 17.6 Å². The summed E-state index contributed by atoms with van der Waals surface area (Å²) in [6.45, 7) is 6.56. The number of benzene rings is 2. The largest absolute Gasteiger partial charge is 0.364 e. The molecule has 0 saturated heterocycles. The highest BCUT2D eigenvalue weighted by molar-refractivity contribution is 5.43. The molecule has 0 heterocycles. The second kappa shape index (κ2) is 5.64. The summed E-state index contributed by atoms with van der Waals surface area (Å²) in [5, 5.41) is 0. The third kappa shape index (κ3) is 2.54. The summed E-state index contributed by atoms with van der Waals surface area (Å²) < 4.78 is 6.18. The molecule has 0 aromatic heterocycles. The van der Waals surface area contributed by atoms with Crippen molar-refractivity contribution in [2.45, 2.75) is 25.9 Å². The first-order chi connectivity index (χ1) is 9.75. The molecule has 1 heteroatoms. The normalized spacial score (nSPS) is 14.2. The summed E-state index contributed by atoms with van der Waals surface area (Å²) >= 11 is 0. The Labute approximate surface area is 120 Å². The third-order valence-corrected chi connectivity index (χ3v) is 3.84. The van der Waals surface area contributed by atoms with Gasteiger partial charge < -0.3 is 4.74 Å². The molecule has 0 amide bonds. The SMILES string of the molecule is C=C(C)COC1c2ccccc2CCc2ccccc21. The van der Waals surface area contributed by atoms with Crippen molar-refractivity contribution < 1.29 is 4.74 Å². The summed E-state index contributed by atoms with van der Waals surface area (Å²) in [6.07, 6.45) is 2.20. The lowest BCUT2D eigenvalue weighted by Gasteiger charge is -2.21. The second-order valence-electron chi connectivity index (χ2n) is 5.55. The Kier molecular flexibility index (Phi) is 3.70. The quantitative estimate of drug-likeness (QED) is 0.743. The van der Waals surface area contributed by atoms with Crippen molar-refractivity contribution >= 4 is 0 Å². The molecular weight excluding hydrogens is 244 g/mol. The number of hydrogen-bond acceptors (Lipinski definition) is 1. The highest BCUT2D eigenvalue weighted by atomic mass is 16.5. The predicted molar refractivity (Wildman–Crippen MR) is 82.9 cm³/mol. The van der Waals surface area contributed by atoms with Crippen molar-refractivity contribution in [2.75, 3.05) is 6.61 Å². The molecule has 0 bridgehead atoms. The minimum Gasteiger partial charge on any atom is -0.364 e. The van der Waals surface area contributed by atoms with Gasteiger partial charge >= 0.3 is 0 Å². The van der Waals surface area contributed by atoms with Crippen LogP contribution in [0.5, 0.6) is 0 Å².